The molecule has 1 amide bonds. The van der Waals surface area contributed by atoms with E-state index in [4.69, 9.17) is 4.74 Å². The highest BCUT2D eigenvalue weighted by molar-refractivity contribution is 5.82. The molecule has 9 nitrogen and oxygen atoms in total. The lowest BCUT2D eigenvalue weighted by molar-refractivity contribution is -0.141. The number of rotatable bonds is 4. The zero-order valence-electron chi connectivity index (χ0n) is 17.2. The summed E-state index contributed by atoms with van der Waals surface area (Å²) in [5, 5.41) is 5.95. The molecule has 1 unspecified atom stereocenters. The van der Waals surface area contributed by atoms with Crippen LogP contribution in [0.1, 0.15) is 26.5 Å². The smallest absolute Gasteiger partial charge is 0.433 e. The number of nitrogens with one attached hydrogen (secondary N) is 2. The van der Waals surface area contributed by atoms with Gasteiger partial charge in [0.25, 0.3) is 0 Å². The molecule has 0 saturated carbocycles. The predicted molar refractivity (Wildman–Crippen MR) is 104 cm³/mol. The van der Waals surface area contributed by atoms with E-state index < -0.39 is 17.5 Å². The maximum Gasteiger partial charge on any atom is 0.433 e. The Balaban J connectivity index is 1.43. The molecule has 1 fully saturated rings. The van der Waals surface area contributed by atoms with Crippen LogP contribution in [0.5, 0.6) is 0 Å². The van der Waals surface area contributed by atoms with Gasteiger partial charge in [-0.1, -0.05) is 0 Å². The maximum absolute atomic E-state index is 12.7. The van der Waals surface area contributed by atoms with E-state index in [0.29, 0.717) is 39.3 Å². The van der Waals surface area contributed by atoms with Crippen LogP contribution in [0.4, 0.5) is 23.9 Å². The number of anilines is 1. The first-order valence-electron chi connectivity index (χ1n) is 9.70. The van der Waals surface area contributed by atoms with Gasteiger partial charge in [0.05, 0.1) is 12.6 Å². The molecule has 3 rings (SSSR count). The molecule has 2 N–H and O–H groups in total. The molecule has 0 aliphatic carbocycles. The number of alkyl halides is 3. The largest absolute Gasteiger partial charge is 0.444 e. The Hall–Kier alpha value is -2.79. The van der Waals surface area contributed by atoms with Crippen molar-refractivity contribution in [2.75, 3.05) is 44.6 Å². The number of fused-ring (bicyclic) bond motifs is 1. The number of hydrogen-bond acceptors (Lipinski definition) is 8. The lowest BCUT2D eigenvalue weighted by Gasteiger charge is -2.39. The normalized spacial score (nSPS) is 19.3. The van der Waals surface area contributed by atoms with Gasteiger partial charge in [0, 0.05) is 38.9 Å². The van der Waals surface area contributed by atoms with Gasteiger partial charge in [0.1, 0.15) is 11.3 Å². The van der Waals surface area contributed by atoms with Gasteiger partial charge < -0.3 is 25.2 Å². The summed E-state index contributed by atoms with van der Waals surface area (Å²) < 4.78 is 43.5. The Morgan fingerprint density at radius 3 is 2.67 bits per heavy atom. The van der Waals surface area contributed by atoms with E-state index in [0.717, 1.165) is 18.2 Å². The highest BCUT2D eigenvalue weighted by Crippen LogP contribution is 2.27. The molecule has 1 aromatic heterocycles. The minimum absolute atomic E-state index is 0.0773. The Morgan fingerprint density at radius 2 is 1.97 bits per heavy atom. The Labute approximate surface area is 172 Å². The van der Waals surface area contributed by atoms with E-state index in [1.807, 2.05) is 20.8 Å². The Kier molecular flexibility index (Phi) is 6.22. The van der Waals surface area contributed by atoms with Crippen molar-refractivity contribution >= 4 is 18.0 Å². The monoisotopic (exact) mass is 429 g/mol. The number of aromatic nitrogens is 2. The molecule has 1 aromatic rings. The van der Waals surface area contributed by atoms with Gasteiger partial charge in [-0.05, 0) is 26.8 Å². The fraction of sp³-hybridized carbons (Fsp3) is 0.667. The fourth-order valence-electron chi connectivity index (χ4n) is 3.17. The summed E-state index contributed by atoms with van der Waals surface area (Å²) in [5.74, 6) is 0.638. The van der Waals surface area contributed by atoms with Crippen LogP contribution < -0.4 is 10.6 Å². The zero-order chi connectivity index (χ0) is 21.9. The van der Waals surface area contributed by atoms with Gasteiger partial charge in [-0.2, -0.15) is 13.2 Å². The molecular weight excluding hydrogens is 403 g/mol. The van der Waals surface area contributed by atoms with E-state index in [1.54, 1.807) is 4.90 Å². The number of amides is 1. The van der Waals surface area contributed by atoms with Crippen molar-refractivity contribution in [3.05, 3.63) is 18.0 Å². The third-order valence-electron chi connectivity index (χ3n) is 4.50. The number of halogens is 3. The number of carbonyl (C=O) groups excluding carboxylic acids is 1. The van der Waals surface area contributed by atoms with Crippen LogP contribution >= 0.6 is 0 Å². The summed E-state index contributed by atoms with van der Waals surface area (Å²) in [6, 6.07) is 0.904. The van der Waals surface area contributed by atoms with Crippen molar-refractivity contribution in [2.24, 2.45) is 4.99 Å². The molecule has 2 aliphatic heterocycles. The summed E-state index contributed by atoms with van der Waals surface area (Å²) in [7, 11) is 0. The first-order valence-corrected chi connectivity index (χ1v) is 9.70. The number of ether oxygens (including phenoxy) is 1. The molecule has 3 heterocycles. The van der Waals surface area contributed by atoms with E-state index >= 15 is 0 Å². The van der Waals surface area contributed by atoms with Gasteiger partial charge in [0.15, 0.2) is 5.96 Å². The third-order valence-corrected chi connectivity index (χ3v) is 4.50. The van der Waals surface area contributed by atoms with Crippen LogP contribution in [0.2, 0.25) is 0 Å². The van der Waals surface area contributed by atoms with Crippen molar-refractivity contribution in [1.29, 1.82) is 0 Å². The topological polar surface area (TPSA) is 95.0 Å². The third kappa shape index (κ3) is 5.63. The average molecular weight is 429 g/mol. The quantitative estimate of drug-likeness (QED) is 0.705. The Bertz CT molecular complexity index is 795. The number of hydrogen-bond donors (Lipinski definition) is 2. The van der Waals surface area contributed by atoms with Gasteiger partial charge >= 0.3 is 12.3 Å². The molecule has 30 heavy (non-hydrogen) atoms. The summed E-state index contributed by atoms with van der Waals surface area (Å²) in [6.07, 6.45) is -3.76. The van der Waals surface area contributed by atoms with Crippen LogP contribution in [-0.4, -0.2) is 82.7 Å². The molecular formula is C18H26F3N7O2. The molecule has 0 bridgehead atoms. The second-order valence-electron chi connectivity index (χ2n) is 8.05. The van der Waals surface area contributed by atoms with E-state index in [9.17, 15) is 18.0 Å². The van der Waals surface area contributed by atoms with Crippen LogP contribution in [0.25, 0.3) is 0 Å². The number of nitrogens with zero attached hydrogens (tertiary/aromatic N) is 5. The molecule has 166 valence electrons. The minimum Gasteiger partial charge on any atom is -0.444 e. The van der Waals surface area contributed by atoms with Gasteiger partial charge in [-0.3, -0.25) is 4.99 Å². The van der Waals surface area contributed by atoms with Crippen LogP contribution in [-0.2, 0) is 10.9 Å². The first kappa shape index (κ1) is 21.9. The average Bonchev–Trinajstić information content (AvgIpc) is 3.06. The lowest BCUT2D eigenvalue weighted by Crippen LogP contribution is -2.57. The van der Waals surface area contributed by atoms with E-state index in [1.165, 1.54) is 0 Å². The lowest BCUT2D eigenvalue weighted by atomic mass is 10.2. The highest BCUT2D eigenvalue weighted by atomic mass is 19.4. The number of aliphatic imine (C=N–C) groups is 1. The predicted octanol–water partition coefficient (Wildman–Crippen LogP) is 1.79. The van der Waals surface area contributed by atoms with Crippen molar-refractivity contribution in [3.8, 4) is 0 Å². The van der Waals surface area contributed by atoms with E-state index in [2.05, 4.69) is 30.5 Å². The van der Waals surface area contributed by atoms with Crippen molar-refractivity contribution in [3.63, 3.8) is 0 Å². The van der Waals surface area contributed by atoms with Crippen molar-refractivity contribution in [2.45, 2.75) is 38.6 Å². The van der Waals surface area contributed by atoms with Crippen LogP contribution in [0.3, 0.4) is 0 Å². The SMILES string of the molecule is CC(C)(C)OC(=O)N1CCN2C(NCCNc3nccc(C(F)(F)F)n3)=NCC2C1. The molecule has 0 radical (unpaired) electrons. The standard InChI is InChI=1S/C18H26F3N7O2/c1-17(2,3)30-16(29)27-8-9-28-12(11-27)10-25-15(28)24-7-6-23-14-22-5-4-13(26-14)18(19,20)21/h4-5,12H,6-11H2,1-3H3,(H,24,25)(H,22,23,26). The molecule has 1 atom stereocenters. The van der Waals surface area contributed by atoms with Crippen molar-refractivity contribution in [1.82, 2.24) is 25.1 Å². The second-order valence-corrected chi connectivity index (χ2v) is 8.05. The van der Waals surface area contributed by atoms with Gasteiger partial charge in [-0.25, -0.2) is 14.8 Å². The van der Waals surface area contributed by atoms with Crippen molar-refractivity contribution < 1.29 is 22.7 Å². The minimum atomic E-state index is -4.51. The number of carbonyl (C=O) groups is 1. The number of piperazine rings is 1. The second kappa shape index (κ2) is 8.52. The zero-order valence-corrected chi connectivity index (χ0v) is 17.2. The highest BCUT2D eigenvalue weighted by Gasteiger charge is 2.36. The van der Waals surface area contributed by atoms with Gasteiger partial charge in [-0.15, -0.1) is 0 Å². The molecule has 1 saturated heterocycles. The summed E-state index contributed by atoms with van der Waals surface area (Å²) in [6.45, 7) is 8.50. The summed E-state index contributed by atoms with van der Waals surface area (Å²) in [4.78, 5) is 27.8. The maximum atomic E-state index is 12.7. The van der Waals surface area contributed by atoms with E-state index in [-0.39, 0.29) is 18.1 Å². The first-order chi connectivity index (χ1) is 14.0. The fourth-order valence-corrected chi connectivity index (χ4v) is 3.17. The summed E-state index contributed by atoms with van der Waals surface area (Å²) in [5.41, 5.74) is -1.53. The molecule has 12 heteroatoms. The summed E-state index contributed by atoms with van der Waals surface area (Å²) >= 11 is 0. The molecule has 0 aromatic carbocycles. The number of guanidine groups is 1. The van der Waals surface area contributed by atoms with Crippen LogP contribution in [0, 0.1) is 0 Å². The Morgan fingerprint density at radius 1 is 1.23 bits per heavy atom. The van der Waals surface area contributed by atoms with Crippen LogP contribution in [0.15, 0.2) is 17.3 Å². The molecule has 0 spiro atoms. The van der Waals surface area contributed by atoms with Gasteiger partial charge in [0.2, 0.25) is 5.95 Å². The molecule has 2 aliphatic rings.